The van der Waals surface area contributed by atoms with Crippen molar-refractivity contribution >= 4 is 21.6 Å². The third kappa shape index (κ3) is 6.00. The van der Waals surface area contributed by atoms with E-state index in [4.69, 9.17) is 9.47 Å². The summed E-state index contributed by atoms with van der Waals surface area (Å²) in [7, 11) is -3.77. The molecule has 31 heavy (non-hydrogen) atoms. The number of hydrogen-bond acceptors (Lipinski definition) is 5. The molecule has 0 aliphatic carbocycles. The lowest BCUT2D eigenvalue weighted by atomic mass is 10.2. The molecule has 2 aromatic rings. The van der Waals surface area contributed by atoms with Crippen molar-refractivity contribution in [3.05, 3.63) is 72.6 Å². The summed E-state index contributed by atoms with van der Waals surface area (Å²) in [5.41, 5.74) is 0.175. The second-order valence-electron chi connectivity index (χ2n) is 6.60. The van der Waals surface area contributed by atoms with Crippen molar-refractivity contribution in [2.45, 2.75) is 11.8 Å². The van der Waals surface area contributed by atoms with Crippen molar-refractivity contribution in [2.24, 2.45) is 0 Å². The fraction of sp³-hybridized carbons (Fsp3) is 0.227. The number of ether oxygens (including phenoxy) is 2. The van der Waals surface area contributed by atoms with Crippen LogP contribution in [0.3, 0.4) is 0 Å². The molecule has 2 aromatic carbocycles. The van der Waals surface area contributed by atoms with Gasteiger partial charge in [-0.15, -0.1) is 0 Å². The second-order valence-corrected chi connectivity index (χ2v) is 8.54. The zero-order chi connectivity index (χ0) is 22.3. The molecule has 0 aromatic heterocycles. The van der Waals surface area contributed by atoms with Gasteiger partial charge in [-0.3, -0.25) is 4.79 Å². The van der Waals surface area contributed by atoms with Crippen molar-refractivity contribution in [1.29, 1.82) is 0 Å². The Balaban J connectivity index is 1.93. The van der Waals surface area contributed by atoms with E-state index in [0.29, 0.717) is 19.0 Å². The van der Waals surface area contributed by atoms with Crippen LogP contribution in [0.25, 0.3) is 0 Å². The summed E-state index contributed by atoms with van der Waals surface area (Å²) < 4.78 is 51.5. The van der Waals surface area contributed by atoms with Gasteiger partial charge in [-0.05, 0) is 49.4 Å². The zero-order valence-corrected chi connectivity index (χ0v) is 17.8. The molecule has 1 saturated heterocycles. The van der Waals surface area contributed by atoms with Crippen molar-refractivity contribution in [3.63, 3.8) is 0 Å². The highest BCUT2D eigenvalue weighted by Gasteiger charge is 2.27. The molecule has 7 nitrogen and oxygen atoms in total. The number of anilines is 1. The van der Waals surface area contributed by atoms with Crippen LogP contribution in [0.5, 0.6) is 11.5 Å². The monoisotopic (exact) mass is 446 g/mol. The van der Waals surface area contributed by atoms with Gasteiger partial charge in [-0.25, -0.2) is 12.8 Å². The number of halogens is 1. The Morgan fingerprint density at radius 1 is 1.13 bits per heavy atom. The predicted octanol–water partition coefficient (Wildman–Crippen LogP) is 3.71. The van der Waals surface area contributed by atoms with E-state index < -0.39 is 21.7 Å². The van der Waals surface area contributed by atoms with Gasteiger partial charge < -0.3 is 14.8 Å². The number of morpholine rings is 1. The summed E-state index contributed by atoms with van der Waals surface area (Å²) in [5, 5.41) is 2.65. The van der Waals surface area contributed by atoms with Crippen molar-refractivity contribution in [3.8, 4) is 11.5 Å². The molecule has 164 valence electrons. The summed E-state index contributed by atoms with van der Waals surface area (Å²) in [5.74, 6) is -0.310. The molecule has 9 heteroatoms. The van der Waals surface area contributed by atoms with E-state index >= 15 is 0 Å². The maximum atomic E-state index is 13.2. The van der Waals surface area contributed by atoms with Crippen LogP contribution in [0, 0.1) is 5.82 Å². The maximum Gasteiger partial charge on any atom is 0.248 e. The molecule has 1 fully saturated rings. The van der Waals surface area contributed by atoms with E-state index in [9.17, 15) is 17.6 Å². The standard InChI is InChI=1S/C22H23FN2O5S/c1-2-3-4-5-22(26)24-20-16-19(31(27,28)25-12-14-29-15-13-25)10-11-21(20)30-18-8-6-17(23)7-9-18/h2-11,16H,12-15H2,1H3,(H,24,26)/b3-2+,5-4+. The fourth-order valence-corrected chi connectivity index (χ4v) is 4.29. The lowest BCUT2D eigenvalue weighted by Gasteiger charge is -2.26. The van der Waals surface area contributed by atoms with Crippen LogP contribution < -0.4 is 10.1 Å². The molecule has 0 atom stereocenters. The molecule has 1 heterocycles. The number of nitrogens with zero attached hydrogens (tertiary/aromatic N) is 1. The van der Waals surface area contributed by atoms with Crippen molar-refractivity contribution in [1.82, 2.24) is 4.31 Å². The molecule has 1 N–H and O–H groups in total. The third-order valence-corrected chi connectivity index (χ3v) is 6.30. The molecule has 0 unspecified atom stereocenters. The minimum atomic E-state index is -3.77. The number of carbonyl (C=O) groups is 1. The van der Waals surface area contributed by atoms with Crippen LogP contribution in [-0.2, 0) is 19.6 Å². The number of allylic oxidation sites excluding steroid dienone is 3. The molecule has 1 aliphatic rings. The Hall–Kier alpha value is -3.01. The van der Waals surface area contributed by atoms with E-state index in [0.717, 1.165) is 0 Å². The van der Waals surface area contributed by atoms with Gasteiger partial charge in [0.05, 0.1) is 23.8 Å². The number of amides is 1. The highest BCUT2D eigenvalue weighted by molar-refractivity contribution is 7.89. The summed E-state index contributed by atoms with van der Waals surface area (Å²) >= 11 is 0. The minimum Gasteiger partial charge on any atom is -0.455 e. The van der Waals surface area contributed by atoms with Gasteiger partial charge in [0.15, 0.2) is 5.75 Å². The van der Waals surface area contributed by atoms with Crippen LogP contribution in [0.4, 0.5) is 10.1 Å². The van der Waals surface area contributed by atoms with Gasteiger partial charge >= 0.3 is 0 Å². The number of benzene rings is 2. The number of carbonyl (C=O) groups excluding carboxylic acids is 1. The highest BCUT2D eigenvalue weighted by Crippen LogP contribution is 2.33. The lowest BCUT2D eigenvalue weighted by molar-refractivity contribution is -0.111. The lowest BCUT2D eigenvalue weighted by Crippen LogP contribution is -2.40. The van der Waals surface area contributed by atoms with Crippen LogP contribution in [0.15, 0.2) is 71.7 Å². The first-order valence-electron chi connectivity index (χ1n) is 9.66. The van der Waals surface area contributed by atoms with Crippen LogP contribution in [0.2, 0.25) is 0 Å². The summed E-state index contributed by atoms with van der Waals surface area (Å²) in [4.78, 5) is 12.3. The predicted molar refractivity (Wildman–Crippen MR) is 115 cm³/mol. The van der Waals surface area contributed by atoms with E-state index in [1.807, 2.05) is 6.92 Å². The Morgan fingerprint density at radius 2 is 1.84 bits per heavy atom. The van der Waals surface area contributed by atoms with E-state index in [1.165, 1.54) is 52.8 Å². The van der Waals surface area contributed by atoms with Gasteiger partial charge in [0.2, 0.25) is 15.9 Å². The molecule has 1 amide bonds. The average molecular weight is 447 g/mol. The van der Waals surface area contributed by atoms with Gasteiger partial charge in [0.25, 0.3) is 0 Å². The largest absolute Gasteiger partial charge is 0.455 e. The van der Waals surface area contributed by atoms with Gasteiger partial charge in [0, 0.05) is 19.2 Å². The number of rotatable bonds is 7. The van der Waals surface area contributed by atoms with Crippen molar-refractivity contribution in [2.75, 3.05) is 31.6 Å². The summed E-state index contributed by atoms with van der Waals surface area (Å²) in [6.45, 7) is 2.97. The quantitative estimate of drug-likeness (QED) is 0.518. The van der Waals surface area contributed by atoms with E-state index in [2.05, 4.69) is 5.32 Å². The van der Waals surface area contributed by atoms with E-state index in [1.54, 1.807) is 18.2 Å². The topological polar surface area (TPSA) is 84.9 Å². The molecule has 0 saturated carbocycles. The Bertz CT molecular complexity index is 1080. The van der Waals surface area contributed by atoms with Gasteiger partial charge in [-0.1, -0.05) is 18.2 Å². The van der Waals surface area contributed by atoms with E-state index in [-0.39, 0.29) is 29.4 Å². The minimum absolute atomic E-state index is 0.0218. The first-order chi connectivity index (χ1) is 14.9. The first-order valence-corrected chi connectivity index (χ1v) is 11.1. The summed E-state index contributed by atoms with van der Waals surface area (Å²) in [6.07, 6.45) is 6.33. The van der Waals surface area contributed by atoms with Gasteiger partial charge in [0.1, 0.15) is 11.6 Å². The molecular weight excluding hydrogens is 423 g/mol. The molecule has 0 bridgehead atoms. The highest BCUT2D eigenvalue weighted by atomic mass is 32.2. The maximum absolute atomic E-state index is 13.2. The van der Waals surface area contributed by atoms with Crippen molar-refractivity contribution < 1.29 is 27.1 Å². The average Bonchev–Trinajstić information content (AvgIpc) is 2.77. The normalized spacial score (nSPS) is 15.4. The van der Waals surface area contributed by atoms with Crippen LogP contribution in [-0.4, -0.2) is 44.9 Å². The summed E-state index contributed by atoms with van der Waals surface area (Å²) in [6, 6.07) is 9.58. The molecular formula is C22H23FN2O5S. The van der Waals surface area contributed by atoms with Crippen LogP contribution in [0.1, 0.15) is 6.92 Å². The molecule has 3 rings (SSSR count). The number of nitrogens with one attached hydrogen (secondary N) is 1. The van der Waals surface area contributed by atoms with Crippen LogP contribution >= 0.6 is 0 Å². The Labute approximate surface area is 180 Å². The Kier molecular flexibility index (Phi) is 7.56. The second kappa shape index (κ2) is 10.3. The molecule has 1 aliphatic heterocycles. The molecule has 0 spiro atoms. The Morgan fingerprint density at radius 3 is 2.52 bits per heavy atom. The fourth-order valence-electron chi connectivity index (χ4n) is 2.85. The number of sulfonamides is 1. The number of hydrogen-bond donors (Lipinski definition) is 1. The zero-order valence-electron chi connectivity index (χ0n) is 17.0. The van der Waals surface area contributed by atoms with Gasteiger partial charge in [-0.2, -0.15) is 4.31 Å². The SMILES string of the molecule is C/C=C/C=C/C(=O)Nc1cc(S(=O)(=O)N2CCOCC2)ccc1Oc1ccc(F)cc1. The first kappa shape index (κ1) is 22.7. The smallest absolute Gasteiger partial charge is 0.248 e. The molecule has 0 radical (unpaired) electrons. The third-order valence-electron chi connectivity index (χ3n) is 4.41.